The molecular weight excluding hydrogens is 512 g/mol. The van der Waals surface area contributed by atoms with Gasteiger partial charge in [-0.1, -0.05) is 24.3 Å². The molecule has 0 bridgehead atoms. The van der Waals surface area contributed by atoms with E-state index >= 15 is 0 Å². The number of hydrogen-bond acceptors (Lipinski definition) is 9. The minimum Gasteiger partial charge on any atom is -0.493 e. The van der Waals surface area contributed by atoms with E-state index in [1.165, 1.54) is 20.3 Å². The number of furan rings is 1. The van der Waals surface area contributed by atoms with Crippen LogP contribution in [0.4, 0.5) is 10.5 Å². The fourth-order valence-corrected chi connectivity index (χ4v) is 4.38. The molecule has 3 amide bonds. The van der Waals surface area contributed by atoms with E-state index < -0.39 is 29.6 Å². The number of aryl methyl sites for hydroxylation is 1. The molecule has 0 spiro atoms. The Morgan fingerprint density at radius 1 is 1.05 bits per heavy atom. The number of thioether (sulfide) groups is 1. The summed E-state index contributed by atoms with van der Waals surface area (Å²) >= 11 is 0.756. The van der Waals surface area contributed by atoms with Crippen LogP contribution in [0.3, 0.4) is 0 Å². The normalized spacial score (nSPS) is 14.1. The number of para-hydroxylation sites is 1. The molecule has 1 saturated heterocycles. The van der Waals surface area contributed by atoms with Gasteiger partial charge in [-0.2, -0.15) is 0 Å². The molecule has 4 rings (SSSR count). The van der Waals surface area contributed by atoms with Gasteiger partial charge in [-0.05, 0) is 66.2 Å². The number of amides is 3. The Morgan fingerprint density at radius 2 is 1.84 bits per heavy atom. The molecule has 38 heavy (non-hydrogen) atoms. The summed E-state index contributed by atoms with van der Waals surface area (Å²) in [6.45, 7) is 1.49. The second-order valence-electron chi connectivity index (χ2n) is 8.09. The Bertz CT molecular complexity index is 1430. The fraction of sp³-hybridized carbons (Fsp3) is 0.185. The largest absolute Gasteiger partial charge is 0.493 e. The van der Waals surface area contributed by atoms with Crippen LogP contribution in [0.5, 0.6) is 11.5 Å². The number of benzene rings is 2. The monoisotopic (exact) mass is 536 g/mol. The highest BCUT2D eigenvalue weighted by molar-refractivity contribution is 8.18. The molecule has 0 atom stereocenters. The second-order valence-corrected chi connectivity index (χ2v) is 9.08. The molecule has 3 aromatic rings. The Morgan fingerprint density at radius 3 is 2.58 bits per heavy atom. The molecule has 0 radical (unpaired) electrons. The lowest BCUT2D eigenvalue weighted by molar-refractivity contribution is -0.127. The molecule has 1 aromatic heterocycles. The number of rotatable bonds is 9. The molecule has 10 nitrogen and oxygen atoms in total. The number of esters is 1. The third kappa shape index (κ3) is 6.06. The number of hydrogen-bond donors (Lipinski definition) is 1. The average molecular weight is 537 g/mol. The lowest BCUT2D eigenvalue weighted by Gasteiger charge is -2.13. The van der Waals surface area contributed by atoms with Gasteiger partial charge in [0.2, 0.25) is 11.7 Å². The number of nitrogens with one attached hydrogen (secondary N) is 1. The standard InChI is InChI=1S/C27H24N2O8S/c1-16-6-4-5-7-19(16)28-24(30)14-29-25(31)23(38-27(29)33)13-17-8-10-20(22(12-17)34-2)36-15-18-9-11-21(37-18)26(32)35-3/h4-13H,14-15H2,1-3H3,(H,28,30)/b23-13+. The first kappa shape index (κ1) is 26.6. The maximum Gasteiger partial charge on any atom is 0.373 e. The zero-order chi connectivity index (χ0) is 27.2. The fourth-order valence-electron chi connectivity index (χ4n) is 3.54. The Kier molecular flexibility index (Phi) is 8.17. The molecule has 2 aromatic carbocycles. The first-order valence-electron chi connectivity index (χ1n) is 11.4. The number of carbonyl (C=O) groups is 4. The van der Waals surface area contributed by atoms with E-state index in [2.05, 4.69) is 10.1 Å². The van der Waals surface area contributed by atoms with Crippen LogP contribution in [0.25, 0.3) is 6.08 Å². The van der Waals surface area contributed by atoms with Gasteiger partial charge in [0, 0.05) is 5.69 Å². The van der Waals surface area contributed by atoms with Crippen molar-refractivity contribution < 1.29 is 37.8 Å². The van der Waals surface area contributed by atoms with Crippen LogP contribution in [0, 0.1) is 6.92 Å². The maximum atomic E-state index is 12.9. The average Bonchev–Trinajstić information content (AvgIpc) is 3.49. The van der Waals surface area contributed by atoms with Crippen molar-refractivity contribution in [3.8, 4) is 11.5 Å². The topological polar surface area (TPSA) is 124 Å². The summed E-state index contributed by atoms with van der Waals surface area (Å²) in [5.74, 6) is -0.349. The highest BCUT2D eigenvalue weighted by atomic mass is 32.2. The molecule has 11 heteroatoms. The van der Waals surface area contributed by atoms with E-state index in [1.54, 1.807) is 42.5 Å². The molecule has 1 fully saturated rings. The quantitative estimate of drug-likeness (QED) is 0.308. The molecular formula is C27H24N2O8S. The van der Waals surface area contributed by atoms with E-state index in [0.29, 0.717) is 28.5 Å². The van der Waals surface area contributed by atoms with Gasteiger partial charge in [0.05, 0.1) is 19.1 Å². The Balaban J connectivity index is 1.41. The highest BCUT2D eigenvalue weighted by Crippen LogP contribution is 2.35. The lowest BCUT2D eigenvalue weighted by atomic mass is 10.2. The number of nitrogens with zero attached hydrogens (tertiary/aromatic N) is 1. The van der Waals surface area contributed by atoms with Gasteiger partial charge in [0.25, 0.3) is 11.1 Å². The number of ether oxygens (including phenoxy) is 3. The molecule has 0 aliphatic carbocycles. The SMILES string of the molecule is COC(=O)c1ccc(COc2ccc(/C=C3/SC(=O)N(CC(=O)Nc4ccccc4C)C3=O)cc2OC)o1. The first-order chi connectivity index (χ1) is 18.3. The summed E-state index contributed by atoms with van der Waals surface area (Å²) < 4.78 is 21.2. The van der Waals surface area contributed by atoms with Crippen LogP contribution in [0.2, 0.25) is 0 Å². The van der Waals surface area contributed by atoms with Crippen LogP contribution < -0.4 is 14.8 Å². The van der Waals surface area contributed by atoms with Crippen LogP contribution in [-0.2, 0) is 20.9 Å². The van der Waals surface area contributed by atoms with Crippen molar-refractivity contribution in [3.05, 3.63) is 82.1 Å². The molecule has 2 heterocycles. The molecule has 196 valence electrons. The van der Waals surface area contributed by atoms with Gasteiger partial charge < -0.3 is 23.9 Å². The Hall–Kier alpha value is -4.51. The van der Waals surface area contributed by atoms with Crippen molar-refractivity contribution in [2.24, 2.45) is 0 Å². The molecule has 1 N–H and O–H groups in total. The summed E-state index contributed by atoms with van der Waals surface area (Å²) in [7, 11) is 2.73. The predicted molar refractivity (Wildman–Crippen MR) is 140 cm³/mol. The van der Waals surface area contributed by atoms with E-state index in [9.17, 15) is 19.2 Å². The van der Waals surface area contributed by atoms with Gasteiger partial charge >= 0.3 is 5.97 Å². The zero-order valence-electron chi connectivity index (χ0n) is 20.8. The van der Waals surface area contributed by atoms with Gasteiger partial charge in [-0.25, -0.2) is 4.79 Å². The summed E-state index contributed by atoms with van der Waals surface area (Å²) in [5, 5.41) is 2.19. The highest BCUT2D eigenvalue weighted by Gasteiger charge is 2.36. The van der Waals surface area contributed by atoms with Gasteiger partial charge in [-0.15, -0.1) is 0 Å². The number of anilines is 1. The third-order valence-electron chi connectivity index (χ3n) is 5.50. The third-order valence-corrected chi connectivity index (χ3v) is 6.41. The van der Waals surface area contributed by atoms with E-state index in [4.69, 9.17) is 13.9 Å². The zero-order valence-corrected chi connectivity index (χ0v) is 21.6. The predicted octanol–water partition coefficient (Wildman–Crippen LogP) is 4.64. The van der Waals surface area contributed by atoms with Crippen molar-refractivity contribution in [2.45, 2.75) is 13.5 Å². The smallest absolute Gasteiger partial charge is 0.373 e. The first-order valence-corrected chi connectivity index (χ1v) is 12.2. The molecule has 0 saturated carbocycles. The summed E-state index contributed by atoms with van der Waals surface area (Å²) in [6.07, 6.45) is 1.55. The maximum absolute atomic E-state index is 12.9. The Labute approximate surface area is 222 Å². The van der Waals surface area contributed by atoms with E-state index in [-0.39, 0.29) is 17.3 Å². The molecule has 1 aliphatic rings. The van der Waals surface area contributed by atoms with Crippen LogP contribution in [-0.4, -0.2) is 48.7 Å². The number of methoxy groups -OCH3 is 2. The van der Waals surface area contributed by atoms with Gasteiger partial charge in [-0.3, -0.25) is 19.3 Å². The molecule has 0 unspecified atom stereocenters. The van der Waals surface area contributed by atoms with Crippen LogP contribution in [0.1, 0.15) is 27.4 Å². The summed E-state index contributed by atoms with van der Waals surface area (Å²) in [4.78, 5) is 50.4. The van der Waals surface area contributed by atoms with Gasteiger partial charge in [0.1, 0.15) is 18.9 Å². The van der Waals surface area contributed by atoms with E-state index in [1.807, 2.05) is 19.1 Å². The van der Waals surface area contributed by atoms with E-state index in [0.717, 1.165) is 22.2 Å². The van der Waals surface area contributed by atoms with Crippen molar-refractivity contribution in [1.29, 1.82) is 0 Å². The number of carbonyl (C=O) groups excluding carboxylic acids is 4. The minimum atomic E-state index is -0.588. The lowest BCUT2D eigenvalue weighted by Crippen LogP contribution is -2.36. The van der Waals surface area contributed by atoms with Crippen LogP contribution in [0.15, 0.2) is 63.9 Å². The van der Waals surface area contributed by atoms with Crippen molar-refractivity contribution >= 4 is 46.5 Å². The minimum absolute atomic E-state index is 0.0379. The number of imide groups is 1. The van der Waals surface area contributed by atoms with Crippen molar-refractivity contribution in [1.82, 2.24) is 4.90 Å². The summed E-state index contributed by atoms with van der Waals surface area (Å²) in [6, 6.07) is 15.3. The second kappa shape index (κ2) is 11.7. The molecule has 1 aliphatic heterocycles. The van der Waals surface area contributed by atoms with Crippen molar-refractivity contribution in [2.75, 3.05) is 26.1 Å². The van der Waals surface area contributed by atoms with Crippen molar-refractivity contribution in [3.63, 3.8) is 0 Å². The van der Waals surface area contributed by atoms with Crippen LogP contribution >= 0.6 is 11.8 Å². The van der Waals surface area contributed by atoms with Gasteiger partial charge in [0.15, 0.2) is 11.5 Å². The summed E-state index contributed by atoms with van der Waals surface area (Å²) in [5.41, 5.74) is 2.08.